The van der Waals surface area contributed by atoms with Crippen molar-refractivity contribution in [2.45, 2.75) is 0 Å². The highest BCUT2D eigenvalue weighted by Gasteiger charge is 2.19. The van der Waals surface area contributed by atoms with Gasteiger partial charge in [-0.1, -0.05) is 52.3 Å². The SMILES string of the molecule is O=c1c(N=Nc2ccc(Br)cc2)c(O)n(-c2ccccc2)c(=S)n1-c1ccccc1. The first-order valence-electron chi connectivity index (χ1n) is 8.95. The quantitative estimate of drug-likeness (QED) is 0.278. The Labute approximate surface area is 185 Å². The molecule has 6 nitrogen and oxygen atoms in total. The number of aromatic nitrogens is 2. The molecule has 0 aliphatic carbocycles. The van der Waals surface area contributed by atoms with Crippen molar-refractivity contribution in [2.24, 2.45) is 10.2 Å². The summed E-state index contributed by atoms with van der Waals surface area (Å²) in [5.74, 6) is -0.371. The molecule has 4 rings (SSSR count). The van der Waals surface area contributed by atoms with E-state index in [0.29, 0.717) is 17.1 Å². The zero-order valence-electron chi connectivity index (χ0n) is 15.5. The molecular weight excluding hydrogens is 464 g/mol. The molecule has 30 heavy (non-hydrogen) atoms. The third-order valence-electron chi connectivity index (χ3n) is 4.33. The highest BCUT2D eigenvalue weighted by atomic mass is 79.9. The molecule has 0 aliphatic rings. The minimum absolute atomic E-state index is 0.123. The van der Waals surface area contributed by atoms with Crippen LogP contribution in [0.25, 0.3) is 11.4 Å². The number of para-hydroxylation sites is 2. The van der Waals surface area contributed by atoms with E-state index in [1.807, 2.05) is 36.4 Å². The number of nitrogens with zero attached hydrogens (tertiary/aromatic N) is 4. The highest BCUT2D eigenvalue weighted by molar-refractivity contribution is 9.10. The van der Waals surface area contributed by atoms with Crippen LogP contribution < -0.4 is 5.56 Å². The lowest BCUT2D eigenvalue weighted by Crippen LogP contribution is -2.23. The monoisotopic (exact) mass is 478 g/mol. The van der Waals surface area contributed by atoms with Gasteiger partial charge in [-0.15, -0.1) is 5.11 Å². The molecule has 0 saturated heterocycles. The molecule has 0 spiro atoms. The second-order valence-corrected chi connectivity index (χ2v) is 7.56. The predicted molar refractivity (Wildman–Crippen MR) is 122 cm³/mol. The van der Waals surface area contributed by atoms with Gasteiger partial charge in [0.15, 0.2) is 4.77 Å². The van der Waals surface area contributed by atoms with Crippen LogP contribution in [-0.2, 0) is 0 Å². The van der Waals surface area contributed by atoms with Crippen molar-refractivity contribution in [3.63, 3.8) is 0 Å². The van der Waals surface area contributed by atoms with E-state index in [9.17, 15) is 9.90 Å². The van der Waals surface area contributed by atoms with E-state index in [1.165, 1.54) is 9.13 Å². The van der Waals surface area contributed by atoms with Crippen LogP contribution in [0.2, 0.25) is 0 Å². The Hall–Kier alpha value is -3.36. The molecule has 8 heteroatoms. The van der Waals surface area contributed by atoms with Gasteiger partial charge in [-0.3, -0.25) is 13.9 Å². The summed E-state index contributed by atoms with van der Waals surface area (Å²) in [5.41, 5.74) is 0.940. The van der Waals surface area contributed by atoms with Crippen LogP contribution in [0.4, 0.5) is 11.4 Å². The minimum atomic E-state index is -0.559. The predicted octanol–water partition coefficient (Wildman–Crippen LogP) is 6.24. The molecule has 1 aromatic heterocycles. The summed E-state index contributed by atoms with van der Waals surface area (Å²) in [6.07, 6.45) is 0. The molecule has 4 aromatic rings. The smallest absolute Gasteiger partial charge is 0.290 e. The lowest BCUT2D eigenvalue weighted by Gasteiger charge is -2.15. The number of benzene rings is 3. The molecule has 0 bridgehead atoms. The van der Waals surface area contributed by atoms with Crippen LogP contribution in [0, 0.1) is 4.77 Å². The van der Waals surface area contributed by atoms with Gasteiger partial charge in [-0.2, -0.15) is 5.11 Å². The van der Waals surface area contributed by atoms with Crippen molar-refractivity contribution < 1.29 is 5.11 Å². The average molecular weight is 479 g/mol. The number of azo groups is 1. The molecule has 1 N–H and O–H groups in total. The Morgan fingerprint density at radius 1 is 0.767 bits per heavy atom. The van der Waals surface area contributed by atoms with Gasteiger partial charge in [0, 0.05) is 4.47 Å². The van der Waals surface area contributed by atoms with E-state index >= 15 is 0 Å². The Morgan fingerprint density at radius 3 is 1.87 bits per heavy atom. The van der Waals surface area contributed by atoms with Crippen LogP contribution in [0.5, 0.6) is 5.88 Å². The summed E-state index contributed by atoms with van der Waals surface area (Å²) < 4.78 is 3.75. The summed E-state index contributed by atoms with van der Waals surface area (Å²) >= 11 is 8.93. The Morgan fingerprint density at radius 2 is 1.30 bits per heavy atom. The van der Waals surface area contributed by atoms with Gasteiger partial charge in [0.25, 0.3) is 5.56 Å². The fourth-order valence-electron chi connectivity index (χ4n) is 2.90. The number of rotatable bonds is 4. The third-order valence-corrected chi connectivity index (χ3v) is 5.23. The van der Waals surface area contributed by atoms with Gasteiger partial charge in [0.1, 0.15) is 0 Å². The topological polar surface area (TPSA) is 71.9 Å². The zero-order valence-corrected chi connectivity index (χ0v) is 17.9. The second-order valence-electron chi connectivity index (χ2n) is 6.28. The van der Waals surface area contributed by atoms with Crippen molar-refractivity contribution in [3.8, 4) is 17.3 Å². The maximum absolute atomic E-state index is 13.2. The Balaban J connectivity index is 1.99. The fourth-order valence-corrected chi connectivity index (χ4v) is 3.55. The van der Waals surface area contributed by atoms with Crippen LogP contribution in [0.3, 0.4) is 0 Å². The van der Waals surface area contributed by atoms with E-state index in [-0.39, 0.29) is 16.3 Å². The lowest BCUT2D eigenvalue weighted by atomic mass is 10.3. The maximum Gasteiger partial charge on any atom is 0.290 e. The number of halogens is 1. The third kappa shape index (κ3) is 3.87. The second kappa shape index (κ2) is 8.56. The molecule has 1 heterocycles. The molecule has 0 unspecified atom stereocenters. The van der Waals surface area contributed by atoms with Gasteiger partial charge < -0.3 is 5.11 Å². The van der Waals surface area contributed by atoms with Crippen molar-refractivity contribution in [1.29, 1.82) is 0 Å². The van der Waals surface area contributed by atoms with Crippen molar-refractivity contribution in [3.05, 3.63) is 105 Å². The molecule has 3 aromatic carbocycles. The van der Waals surface area contributed by atoms with E-state index in [2.05, 4.69) is 26.2 Å². The standard InChI is InChI=1S/C22H15BrN4O2S/c23-15-11-13-16(14-12-15)24-25-19-20(28)26(17-7-3-1-4-8-17)22(30)27(21(19)29)18-9-5-2-6-10-18/h1-14,28H. The molecule has 0 atom stereocenters. The lowest BCUT2D eigenvalue weighted by molar-refractivity contribution is 0.432. The summed E-state index contributed by atoms with van der Waals surface area (Å²) in [7, 11) is 0. The van der Waals surface area contributed by atoms with E-state index < -0.39 is 5.56 Å². The normalized spacial score (nSPS) is 11.1. The van der Waals surface area contributed by atoms with Gasteiger partial charge in [-0.05, 0) is 60.7 Å². The van der Waals surface area contributed by atoms with Gasteiger partial charge in [0.05, 0.1) is 17.1 Å². The highest BCUT2D eigenvalue weighted by Crippen LogP contribution is 2.29. The molecule has 0 fully saturated rings. The molecule has 0 radical (unpaired) electrons. The largest absolute Gasteiger partial charge is 0.492 e. The van der Waals surface area contributed by atoms with Gasteiger partial charge in [0.2, 0.25) is 11.6 Å². The van der Waals surface area contributed by atoms with E-state index in [4.69, 9.17) is 12.2 Å². The average Bonchev–Trinajstić information content (AvgIpc) is 2.76. The fraction of sp³-hybridized carbons (Fsp3) is 0. The summed E-state index contributed by atoms with van der Waals surface area (Å²) in [5, 5.41) is 19.1. The van der Waals surface area contributed by atoms with Crippen LogP contribution in [-0.4, -0.2) is 14.2 Å². The molecule has 0 aliphatic heterocycles. The first-order valence-corrected chi connectivity index (χ1v) is 10.2. The summed E-state index contributed by atoms with van der Waals surface area (Å²) in [6.45, 7) is 0. The summed E-state index contributed by atoms with van der Waals surface area (Å²) in [6, 6.07) is 25.1. The van der Waals surface area contributed by atoms with E-state index in [1.54, 1.807) is 48.5 Å². The first-order chi connectivity index (χ1) is 14.6. The molecule has 148 valence electrons. The zero-order chi connectivity index (χ0) is 21.1. The van der Waals surface area contributed by atoms with Gasteiger partial charge >= 0.3 is 0 Å². The van der Waals surface area contributed by atoms with Crippen molar-refractivity contribution in [1.82, 2.24) is 9.13 Å². The van der Waals surface area contributed by atoms with Crippen molar-refractivity contribution in [2.75, 3.05) is 0 Å². The number of aromatic hydroxyl groups is 1. The molecular formula is C22H15BrN4O2S. The molecule has 0 amide bonds. The Bertz CT molecular complexity index is 1330. The first kappa shape index (κ1) is 19.9. The number of hydrogen-bond donors (Lipinski definition) is 1. The van der Waals surface area contributed by atoms with Crippen molar-refractivity contribution >= 4 is 39.5 Å². The van der Waals surface area contributed by atoms with Crippen LogP contribution in [0.1, 0.15) is 0 Å². The van der Waals surface area contributed by atoms with Crippen LogP contribution in [0.15, 0.2) is 104 Å². The molecule has 0 saturated carbocycles. The minimum Gasteiger partial charge on any atom is -0.492 e. The summed E-state index contributed by atoms with van der Waals surface area (Å²) in [4.78, 5) is 13.2. The maximum atomic E-state index is 13.2. The van der Waals surface area contributed by atoms with Gasteiger partial charge in [-0.25, -0.2) is 0 Å². The Kier molecular flexibility index (Phi) is 5.69. The number of hydrogen-bond acceptors (Lipinski definition) is 5. The van der Waals surface area contributed by atoms with E-state index in [0.717, 1.165) is 4.47 Å². The van der Waals surface area contributed by atoms with Crippen LogP contribution >= 0.6 is 28.1 Å².